The molecule has 0 bridgehead atoms. The van der Waals surface area contributed by atoms with E-state index in [0.717, 1.165) is 6.26 Å². The fraction of sp³-hybridized carbons (Fsp3) is 0.750. The smallest absolute Gasteiger partial charge is 0.283 e. The summed E-state index contributed by atoms with van der Waals surface area (Å²) < 4.78 is 0. The van der Waals surface area contributed by atoms with Gasteiger partial charge in [0.2, 0.25) is 0 Å². The molecule has 0 atom stereocenters. The second kappa shape index (κ2) is 15.8. The second-order valence-electron chi connectivity index (χ2n) is 0.933. The van der Waals surface area contributed by atoms with Crippen molar-refractivity contribution < 1.29 is 5.11 Å². The van der Waals surface area contributed by atoms with Crippen LogP contribution in [0.1, 0.15) is 13.3 Å². The summed E-state index contributed by atoms with van der Waals surface area (Å²) in [5, 5.41) is 13.8. The molecule has 0 aliphatic carbocycles. The van der Waals surface area contributed by atoms with Crippen molar-refractivity contribution in [2.45, 2.75) is 13.3 Å². The number of nitrogens with zero attached hydrogens (tertiary/aromatic N) is 1. The third kappa shape index (κ3) is 37.7. The Balaban J connectivity index is 0. The van der Waals surface area contributed by atoms with Gasteiger partial charge in [-0.2, -0.15) is 5.26 Å². The second-order valence-corrected chi connectivity index (χ2v) is 2.37. The van der Waals surface area contributed by atoms with Crippen molar-refractivity contribution in [1.82, 2.24) is 0 Å². The molecule has 0 aliphatic rings. The van der Waals surface area contributed by atoms with E-state index in [1.165, 1.54) is 12.2 Å². The van der Waals surface area contributed by atoms with Crippen molar-refractivity contribution >= 4 is 22.5 Å². The van der Waals surface area contributed by atoms with E-state index in [2.05, 4.69) is 18.6 Å². The van der Waals surface area contributed by atoms with Crippen molar-refractivity contribution in [3.8, 4) is 6.26 Å². The molecule has 1 N–H and O–H groups in total. The van der Waals surface area contributed by atoms with E-state index in [-0.39, 0.29) is 0 Å². The molecule has 48 valence electrons. The predicted octanol–water partition coefficient (Wildman–Crippen LogP) is 1.81. The standard InChI is InChI=1S/C3H8S2.CHNO/c1-2-3-5-4;2-1-3/h4H,2-3H2,1H3;3H. The topological polar surface area (TPSA) is 44.0 Å². The van der Waals surface area contributed by atoms with Crippen LogP contribution in [0.5, 0.6) is 0 Å². The van der Waals surface area contributed by atoms with E-state index in [1.807, 2.05) is 0 Å². The molecule has 0 aromatic carbocycles. The molecule has 0 unspecified atom stereocenters. The lowest BCUT2D eigenvalue weighted by atomic mass is 10.6. The number of hydrogen-bond donors (Lipinski definition) is 2. The van der Waals surface area contributed by atoms with Gasteiger partial charge in [-0.15, -0.1) is 11.7 Å². The Morgan fingerprint density at radius 2 is 2.25 bits per heavy atom. The van der Waals surface area contributed by atoms with E-state index >= 15 is 0 Å². The quantitative estimate of drug-likeness (QED) is 0.359. The summed E-state index contributed by atoms with van der Waals surface area (Å²) in [6, 6.07) is 0. The Bertz CT molecular complexity index is 59.5. The van der Waals surface area contributed by atoms with Gasteiger partial charge in [-0.3, -0.25) is 0 Å². The van der Waals surface area contributed by atoms with Crippen LogP contribution >= 0.6 is 22.5 Å². The minimum atomic E-state index is 0.750. The zero-order valence-electron chi connectivity index (χ0n) is 4.66. The van der Waals surface area contributed by atoms with Crippen LogP contribution in [0.2, 0.25) is 0 Å². The van der Waals surface area contributed by atoms with Gasteiger partial charge >= 0.3 is 0 Å². The van der Waals surface area contributed by atoms with Crippen molar-refractivity contribution in [1.29, 1.82) is 5.26 Å². The zero-order valence-corrected chi connectivity index (χ0v) is 6.38. The highest BCUT2D eigenvalue weighted by molar-refractivity contribution is 8.68. The molecule has 0 fully saturated rings. The predicted molar refractivity (Wildman–Crippen MR) is 39.3 cm³/mol. The Morgan fingerprint density at radius 1 is 1.88 bits per heavy atom. The molecule has 0 aromatic heterocycles. The van der Waals surface area contributed by atoms with Crippen LogP contribution in [0.25, 0.3) is 0 Å². The molecular formula is C4H9NOS2. The van der Waals surface area contributed by atoms with Gasteiger partial charge in [-0.05, 0) is 6.42 Å². The lowest BCUT2D eigenvalue weighted by molar-refractivity contribution is 0.503. The normalized spacial score (nSPS) is 6.12. The van der Waals surface area contributed by atoms with Gasteiger partial charge in [-0.1, -0.05) is 17.7 Å². The summed E-state index contributed by atoms with van der Waals surface area (Å²) in [6.07, 6.45) is 1.98. The molecule has 0 amide bonds. The summed E-state index contributed by atoms with van der Waals surface area (Å²) in [6.45, 7) is 2.14. The maximum Gasteiger partial charge on any atom is 0.283 e. The van der Waals surface area contributed by atoms with Gasteiger partial charge in [0.15, 0.2) is 0 Å². The van der Waals surface area contributed by atoms with Gasteiger partial charge in [0.25, 0.3) is 6.26 Å². The first-order chi connectivity index (χ1) is 3.83. The van der Waals surface area contributed by atoms with Crippen LogP contribution in [-0.4, -0.2) is 10.9 Å². The summed E-state index contributed by atoms with van der Waals surface area (Å²) in [5.41, 5.74) is 0. The molecule has 0 rings (SSSR count). The number of aliphatic hydroxyl groups excluding tert-OH is 1. The first kappa shape index (κ1) is 10.9. The number of nitriles is 1. The first-order valence-corrected chi connectivity index (χ1v) is 4.16. The summed E-state index contributed by atoms with van der Waals surface area (Å²) in [4.78, 5) is 0. The molecule has 0 saturated carbocycles. The molecule has 0 radical (unpaired) electrons. The van der Waals surface area contributed by atoms with E-state index in [0.29, 0.717) is 0 Å². The highest BCUT2D eigenvalue weighted by Gasteiger charge is 1.69. The Morgan fingerprint density at radius 3 is 2.25 bits per heavy atom. The Kier molecular flexibility index (Phi) is 21.4. The number of hydrogen-bond acceptors (Lipinski definition) is 4. The molecular weight excluding hydrogens is 142 g/mol. The molecule has 4 heteroatoms. The zero-order chi connectivity index (χ0) is 6.83. The average Bonchev–Trinajstić information content (AvgIpc) is 1.71. The van der Waals surface area contributed by atoms with Crippen LogP contribution in [-0.2, 0) is 0 Å². The van der Waals surface area contributed by atoms with Crippen molar-refractivity contribution in [2.75, 3.05) is 5.75 Å². The minimum absolute atomic E-state index is 0.750. The lowest BCUT2D eigenvalue weighted by Gasteiger charge is -1.78. The molecule has 0 spiro atoms. The molecule has 0 saturated heterocycles. The van der Waals surface area contributed by atoms with Crippen LogP contribution < -0.4 is 0 Å². The van der Waals surface area contributed by atoms with Crippen molar-refractivity contribution in [2.24, 2.45) is 0 Å². The highest BCUT2D eigenvalue weighted by Crippen LogP contribution is 2.04. The van der Waals surface area contributed by atoms with E-state index in [1.54, 1.807) is 10.8 Å². The molecule has 2 nitrogen and oxygen atoms in total. The van der Waals surface area contributed by atoms with Gasteiger partial charge in [0.1, 0.15) is 0 Å². The minimum Gasteiger partial charge on any atom is -0.443 e. The Hall–Kier alpha value is -0.0100. The third-order valence-electron chi connectivity index (χ3n) is 0.295. The van der Waals surface area contributed by atoms with Crippen molar-refractivity contribution in [3.05, 3.63) is 0 Å². The highest BCUT2D eigenvalue weighted by atomic mass is 33.1. The van der Waals surface area contributed by atoms with E-state index in [4.69, 9.17) is 10.4 Å². The summed E-state index contributed by atoms with van der Waals surface area (Å²) in [5.74, 6) is 1.17. The fourth-order valence-electron chi connectivity index (χ4n) is 0.0913. The van der Waals surface area contributed by atoms with E-state index < -0.39 is 0 Å². The van der Waals surface area contributed by atoms with Gasteiger partial charge in [-0.25, -0.2) is 0 Å². The Labute approximate surface area is 58.7 Å². The van der Waals surface area contributed by atoms with Gasteiger partial charge < -0.3 is 5.11 Å². The molecule has 0 heterocycles. The van der Waals surface area contributed by atoms with Crippen LogP contribution in [0.15, 0.2) is 0 Å². The average molecular weight is 151 g/mol. The van der Waals surface area contributed by atoms with Gasteiger partial charge in [0.05, 0.1) is 0 Å². The maximum absolute atomic E-state index is 6.88. The molecule has 0 aliphatic heterocycles. The SMILES string of the molecule is CCCSS.N#CO. The van der Waals surface area contributed by atoms with Gasteiger partial charge in [0, 0.05) is 5.75 Å². The first-order valence-electron chi connectivity index (χ1n) is 2.13. The lowest BCUT2D eigenvalue weighted by Crippen LogP contribution is -1.60. The van der Waals surface area contributed by atoms with Crippen LogP contribution in [0, 0.1) is 11.5 Å². The molecule has 0 aromatic rings. The monoisotopic (exact) mass is 151 g/mol. The summed E-state index contributed by atoms with van der Waals surface area (Å²) in [7, 11) is 1.60. The largest absolute Gasteiger partial charge is 0.443 e. The van der Waals surface area contributed by atoms with Crippen molar-refractivity contribution in [3.63, 3.8) is 0 Å². The number of thiol groups is 1. The fourth-order valence-corrected chi connectivity index (χ4v) is 0.822. The third-order valence-corrected chi connectivity index (χ3v) is 1.43. The maximum atomic E-state index is 6.88. The number of aliphatic hydroxyl groups is 1. The van der Waals surface area contributed by atoms with E-state index in [9.17, 15) is 0 Å². The van der Waals surface area contributed by atoms with Crippen LogP contribution in [0.4, 0.5) is 0 Å². The summed E-state index contributed by atoms with van der Waals surface area (Å²) >= 11 is 3.92. The van der Waals surface area contributed by atoms with Crippen LogP contribution in [0.3, 0.4) is 0 Å². The number of rotatable bonds is 2. The molecule has 8 heavy (non-hydrogen) atoms.